The molecule has 0 N–H and O–H groups in total. The Morgan fingerprint density at radius 2 is 2.18 bits per heavy atom. The second kappa shape index (κ2) is 6.71. The van der Waals surface area contributed by atoms with Gasteiger partial charge in [-0.25, -0.2) is 0 Å². The van der Waals surface area contributed by atoms with E-state index in [0.29, 0.717) is 6.61 Å². The number of carbonyl (C=O) groups excluding carboxylic acids is 1. The van der Waals surface area contributed by atoms with Crippen LogP contribution in [-0.4, -0.2) is 29.4 Å². The van der Waals surface area contributed by atoms with Gasteiger partial charge in [0.15, 0.2) is 0 Å². The molecule has 4 nitrogen and oxygen atoms in total. The molecule has 1 unspecified atom stereocenters. The lowest BCUT2D eigenvalue weighted by Gasteiger charge is -2.25. The van der Waals surface area contributed by atoms with Gasteiger partial charge in [0.25, 0.3) is 5.91 Å². The summed E-state index contributed by atoms with van der Waals surface area (Å²) in [6.07, 6.45) is 5.64. The molecule has 0 aliphatic carbocycles. The van der Waals surface area contributed by atoms with Crippen LogP contribution in [0, 0.1) is 0 Å². The second-order valence-corrected chi connectivity index (χ2v) is 5.53. The highest BCUT2D eigenvalue weighted by molar-refractivity contribution is 5.96. The van der Waals surface area contributed by atoms with Gasteiger partial charge in [-0.3, -0.25) is 9.78 Å². The molecule has 0 radical (unpaired) electrons. The molecule has 1 saturated heterocycles. The molecule has 3 rings (SSSR count). The summed E-state index contributed by atoms with van der Waals surface area (Å²) in [6, 6.07) is 11.8. The lowest BCUT2D eigenvalue weighted by Crippen LogP contribution is -2.31. The van der Waals surface area contributed by atoms with Crippen molar-refractivity contribution >= 4 is 5.91 Å². The highest BCUT2D eigenvalue weighted by atomic mass is 16.5. The van der Waals surface area contributed by atoms with Gasteiger partial charge in [-0.2, -0.15) is 0 Å². The lowest BCUT2D eigenvalue weighted by atomic mass is 10.0. The summed E-state index contributed by atoms with van der Waals surface area (Å²) in [5, 5.41) is 0. The fourth-order valence-electron chi connectivity index (χ4n) is 3.09. The van der Waals surface area contributed by atoms with E-state index in [1.54, 1.807) is 13.3 Å². The molecule has 1 aliphatic rings. The Hall–Kier alpha value is -2.20. The van der Waals surface area contributed by atoms with Crippen molar-refractivity contribution in [3.8, 4) is 0 Å². The predicted octanol–water partition coefficient (Wildman–Crippen LogP) is 3.21. The van der Waals surface area contributed by atoms with Crippen molar-refractivity contribution in [1.82, 2.24) is 9.88 Å². The van der Waals surface area contributed by atoms with Gasteiger partial charge in [0.05, 0.1) is 12.6 Å². The van der Waals surface area contributed by atoms with E-state index in [-0.39, 0.29) is 11.9 Å². The van der Waals surface area contributed by atoms with Crippen LogP contribution in [0.25, 0.3) is 0 Å². The number of amides is 1. The Kier molecular flexibility index (Phi) is 4.49. The minimum atomic E-state index is 0.0824. The first-order chi connectivity index (χ1) is 10.8. The van der Waals surface area contributed by atoms with E-state index in [1.807, 2.05) is 47.5 Å². The summed E-state index contributed by atoms with van der Waals surface area (Å²) in [4.78, 5) is 19.1. The van der Waals surface area contributed by atoms with E-state index in [2.05, 4.69) is 4.98 Å². The summed E-state index contributed by atoms with van der Waals surface area (Å²) < 4.78 is 5.21. The van der Waals surface area contributed by atoms with Gasteiger partial charge < -0.3 is 9.64 Å². The second-order valence-electron chi connectivity index (χ2n) is 5.53. The molecule has 1 aromatic carbocycles. The van der Waals surface area contributed by atoms with Crippen molar-refractivity contribution in [2.75, 3.05) is 13.7 Å². The predicted molar refractivity (Wildman–Crippen MR) is 84.4 cm³/mol. The Morgan fingerprint density at radius 1 is 1.32 bits per heavy atom. The van der Waals surface area contributed by atoms with Gasteiger partial charge in [0, 0.05) is 31.6 Å². The number of hydrogen-bond acceptors (Lipinski definition) is 3. The van der Waals surface area contributed by atoms with Crippen molar-refractivity contribution in [2.45, 2.75) is 25.5 Å². The Morgan fingerprint density at radius 3 is 2.95 bits per heavy atom. The highest BCUT2D eigenvalue weighted by Gasteiger charge is 2.31. The van der Waals surface area contributed by atoms with E-state index in [0.717, 1.165) is 36.1 Å². The number of rotatable bonds is 4. The van der Waals surface area contributed by atoms with Gasteiger partial charge in [-0.05, 0) is 36.1 Å². The lowest BCUT2D eigenvalue weighted by molar-refractivity contribution is 0.0730. The average Bonchev–Trinajstić information content (AvgIpc) is 3.05. The third-order valence-electron chi connectivity index (χ3n) is 4.13. The number of ether oxygens (including phenoxy) is 1. The molecule has 1 aliphatic heterocycles. The van der Waals surface area contributed by atoms with Crippen LogP contribution < -0.4 is 0 Å². The van der Waals surface area contributed by atoms with Crippen LogP contribution in [0.15, 0.2) is 48.8 Å². The van der Waals surface area contributed by atoms with E-state index in [9.17, 15) is 4.79 Å². The van der Waals surface area contributed by atoms with Gasteiger partial charge in [0.1, 0.15) is 0 Å². The molecular weight excluding hydrogens is 276 g/mol. The fourth-order valence-corrected chi connectivity index (χ4v) is 3.09. The number of aromatic nitrogens is 1. The largest absolute Gasteiger partial charge is 0.380 e. The molecular formula is C18H20N2O2. The summed E-state index contributed by atoms with van der Waals surface area (Å²) in [5.41, 5.74) is 2.78. The van der Waals surface area contributed by atoms with Gasteiger partial charge in [-0.15, -0.1) is 0 Å². The van der Waals surface area contributed by atoms with Crippen LogP contribution in [0.2, 0.25) is 0 Å². The Bertz CT molecular complexity index is 643. The summed E-state index contributed by atoms with van der Waals surface area (Å²) in [6.45, 7) is 1.24. The van der Waals surface area contributed by atoms with Crippen LogP contribution >= 0.6 is 0 Å². The molecule has 1 atom stereocenters. The van der Waals surface area contributed by atoms with Crippen molar-refractivity contribution in [3.63, 3.8) is 0 Å². The Labute approximate surface area is 130 Å². The number of methoxy groups -OCH3 is 1. The topological polar surface area (TPSA) is 42.4 Å². The molecule has 0 saturated carbocycles. The molecule has 0 spiro atoms. The number of hydrogen-bond donors (Lipinski definition) is 0. The minimum Gasteiger partial charge on any atom is -0.380 e. The third-order valence-corrected chi connectivity index (χ3v) is 4.13. The third kappa shape index (κ3) is 2.88. The van der Waals surface area contributed by atoms with Crippen molar-refractivity contribution in [2.24, 2.45) is 0 Å². The van der Waals surface area contributed by atoms with Crippen LogP contribution in [0.3, 0.4) is 0 Å². The highest BCUT2D eigenvalue weighted by Crippen LogP contribution is 2.33. The van der Waals surface area contributed by atoms with E-state index >= 15 is 0 Å². The monoisotopic (exact) mass is 296 g/mol. The fraction of sp³-hybridized carbons (Fsp3) is 0.333. The number of pyridine rings is 1. The van der Waals surface area contributed by atoms with Crippen molar-refractivity contribution in [3.05, 3.63) is 65.5 Å². The molecule has 0 bridgehead atoms. The summed E-state index contributed by atoms with van der Waals surface area (Å²) in [5.74, 6) is 0.0824. The zero-order valence-electron chi connectivity index (χ0n) is 12.7. The molecule has 1 amide bonds. The molecule has 1 fully saturated rings. The van der Waals surface area contributed by atoms with Crippen LogP contribution in [0.5, 0.6) is 0 Å². The minimum absolute atomic E-state index is 0.0824. The number of likely N-dealkylation sites (tertiary alicyclic amines) is 1. The quantitative estimate of drug-likeness (QED) is 0.870. The van der Waals surface area contributed by atoms with E-state index in [4.69, 9.17) is 4.74 Å². The van der Waals surface area contributed by atoms with Crippen LogP contribution in [0.4, 0.5) is 0 Å². The number of carbonyl (C=O) groups is 1. The maximum absolute atomic E-state index is 13.0. The zero-order valence-corrected chi connectivity index (χ0v) is 12.7. The normalized spacial score (nSPS) is 17.7. The maximum atomic E-state index is 13.0. The molecule has 1 aromatic heterocycles. The summed E-state index contributed by atoms with van der Waals surface area (Å²) >= 11 is 0. The molecule has 2 aromatic rings. The number of nitrogens with zero attached hydrogens (tertiary/aromatic N) is 2. The summed E-state index contributed by atoms with van der Waals surface area (Å²) in [7, 11) is 1.65. The molecule has 2 heterocycles. The first-order valence-corrected chi connectivity index (χ1v) is 7.59. The van der Waals surface area contributed by atoms with Gasteiger partial charge in [0.2, 0.25) is 0 Å². The average molecular weight is 296 g/mol. The van der Waals surface area contributed by atoms with Gasteiger partial charge in [-0.1, -0.05) is 24.3 Å². The van der Waals surface area contributed by atoms with Crippen molar-refractivity contribution in [1.29, 1.82) is 0 Å². The first-order valence-electron chi connectivity index (χ1n) is 7.59. The van der Waals surface area contributed by atoms with Crippen molar-refractivity contribution < 1.29 is 9.53 Å². The smallest absolute Gasteiger partial charge is 0.254 e. The number of benzene rings is 1. The Balaban J connectivity index is 1.88. The molecule has 114 valence electrons. The van der Waals surface area contributed by atoms with Crippen LogP contribution in [-0.2, 0) is 11.3 Å². The molecule has 4 heteroatoms. The molecule has 22 heavy (non-hydrogen) atoms. The van der Waals surface area contributed by atoms with E-state index < -0.39 is 0 Å². The van der Waals surface area contributed by atoms with Crippen LogP contribution in [0.1, 0.15) is 40.4 Å². The SMILES string of the molecule is COCc1ccccc1C(=O)N1CCCC1c1cccnc1. The van der Waals surface area contributed by atoms with Gasteiger partial charge >= 0.3 is 0 Å². The first kappa shape index (κ1) is 14.7. The standard InChI is InChI=1S/C18H20N2O2/c1-22-13-15-6-2-3-8-16(15)18(21)20-11-5-9-17(20)14-7-4-10-19-12-14/h2-4,6-8,10,12,17H,5,9,11,13H2,1H3. The zero-order chi connectivity index (χ0) is 15.4. The van der Waals surface area contributed by atoms with E-state index in [1.165, 1.54) is 0 Å². The maximum Gasteiger partial charge on any atom is 0.254 e.